The molecule has 0 saturated heterocycles. The lowest BCUT2D eigenvalue weighted by molar-refractivity contribution is 0.0913. The molecule has 4 rings (SSSR count). The SMILES string of the molecule is Cn1ncc(C(=O)NCC2CC2)c1C(=O)NCCc1nc2ccccc2n1C. The normalized spacial score (nSPS) is 13.6. The highest BCUT2D eigenvalue weighted by molar-refractivity contribution is 6.06. The van der Waals surface area contributed by atoms with E-state index in [0.29, 0.717) is 31.0 Å². The van der Waals surface area contributed by atoms with Crippen molar-refractivity contribution in [2.24, 2.45) is 20.0 Å². The first kappa shape index (κ1) is 18.2. The molecule has 0 unspecified atom stereocenters. The molecule has 1 aromatic carbocycles. The lowest BCUT2D eigenvalue weighted by Gasteiger charge is -2.08. The largest absolute Gasteiger partial charge is 0.352 e. The number of hydrogen-bond donors (Lipinski definition) is 2. The Labute approximate surface area is 162 Å². The maximum Gasteiger partial charge on any atom is 0.270 e. The van der Waals surface area contributed by atoms with E-state index in [9.17, 15) is 9.59 Å². The highest BCUT2D eigenvalue weighted by Crippen LogP contribution is 2.27. The number of fused-ring (bicyclic) bond motifs is 1. The Morgan fingerprint density at radius 1 is 1.14 bits per heavy atom. The van der Waals surface area contributed by atoms with Crippen molar-refractivity contribution in [1.29, 1.82) is 0 Å². The number of carbonyl (C=O) groups excluding carboxylic acids is 2. The Balaban J connectivity index is 1.40. The van der Waals surface area contributed by atoms with Gasteiger partial charge in [0.15, 0.2) is 0 Å². The van der Waals surface area contributed by atoms with Gasteiger partial charge in [0.1, 0.15) is 11.5 Å². The molecule has 0 spiro atoms. The van der Waals surface area contributed by atoms with Gasteiger partial charge in [-0.25, -0.2) is 4.98 Å². The number of nitrogens with zero attached hydrogens (tertiary/aromatic N) is 4. The number of imidazole rings is 1. The number of carbonyl (C=O) groups is 2. The lowest BCUT2D eigenvalue weighted by Crippen LogP contribution is -2.32. The molecule has 8 nitrogen and oxygen atoms in total. The molecule has 1 saturated carbocycles. The summed E-state index contributed by atoms with van der Waals surface area (Å²) >= 11 is 0. The first-order valence-electron chi connectivity index (χ1n) is 9.53. The van der Waals surface area contributed by atoms with E-state index >= 15 is 0 Å². The minimum absolute atomic E-state index is 0.250. The molecule has 0 aliphatic heterocycles. The Morgan fingerprint density at radius 3 is 2.68 bits per heavy atom. The zero-order valence-corrected chi connectivity index (χ0v) is 16.1. The van der Waals surface area contributed by atoms with Crippen LogP contribution in [0.1, 0.15) is 39.5 Å². The van der Waals surface area contributed by atoms with Crippen molar-refractivity contribution in [3.05, 3.63) is 47.5 Å². The van der Waals surface area contributed by atoms with Gasteiger partial charge in [-0.1, -0.05) is 12.1 Å². The van der Waals surface area contributed by atoms with Crippen LogP contribution in [0, 0.1) is 5.92 Å². The number of para-hydroxylation sites is 2. The van der Waals surface area contributed by atoms with Crippen molar-refractivity contribution < 1.29 is 9.59 Å². The molecule has 8 heteroatoms. The van der Waals surface area contributed by atoms with Gasteiger partial charge in [-0.2, -0.15) is 5.10 Å². The quantitative estimate of drug-likeness (QED) is 0.648. The standard InChI is InChI=1S/C20H24N6O2/c1-25-16-6-4-3-5-15(16)24-17(25)9-10-21-20(28)18-14(12-23-26(18)2)19(27)22-11-13-7-8-13/h3-6,12-13H,7-11H2,1-2H3,(H,21,28)(H,22,27). The van der Waals surface area contributed by atoms with Crippen LogP contribution in [-0.2, 0) is 20.5 Å². The van der Waals surface area contributed by atoms with Crippen LogP contribution in [-0.4, -0.2) is 44.2 Å². The Hall–Kier alpha value is -3.16. The topological polar surface area (TPSA) is 93.8 Å². The summed E-state index contributed by atoms with van der Waals surface area (Å²) in [6.45, 7) is 1.08. The van der Waals surface area contributed by atoms with E-state index in [1.165, 1.54) is 10.9 Å². The van der Waals surface area contributed by atoms with E-state index in [0.717, 1.165) is 29.7 Å². The van der Waals surface area contributed by atoms with Crippen LogP contribution in [0.25, 0.3) is 11.0 Å². The number of nitrogens with one attached hydrogen (secondary N) is 2. The summed E-state index contributed by atoms with van der Waals surface area (Å²) in [4.78, 5) is 29.7. The zero-order chi connectivity index (χ0) is 19.7. The third-order valence-electron chi connectivity index (χ3n) is 5.16. The fourth-order valence-corrected chi connectivity index (χ4v) is 3.32. The minimum Gasteiger partial charge on any atom is -0.352 e. The lowest BCUT2D eigenvalue weighted by atomic mass is 10.2. The van der Waals surface area contributed by atoms with E-state index in [1.54, 1.807) is 7.05 Å². The van der Waals surface area contributed by atoms with Gasteiger partial charge in [0, 0.05) is 33.6 Å². The molecule has 146 valence electrons. The average molecular weight is 380 g/mol. The van der Waals surface area contributed by atoms with Gasteiger partial charge in [0.25, 0.3) is 11.8 Å². The summed E-state index contributed by atoms with van der Waals surface area (Å²) in [5.74, 6) is 0.913. The molecule has 28 heavy (non-hydrogen) atoms. The maximum atomic E-state index is 12.7. The number of amides is 2. The molecule has 0 radical (unpaired) electrons. The first-order chi connectivity index (χ1) is 13.5. The Morgan fingerprint density at radius 2 is 1.93 bits per heavy atom. The van der Waals surface area contributed by atoms with E-state index < -0.39 is 0 Å². The number of hydrogen-bond acceptors (Lipinski definition) is 4. The number of aromatic nitrogens is 4. The van der Waals surface area contributed by atoms with Gasteiger partial charge in [0.05, 0.1) is 22.8 Å². The maximum absolute atomic E-state index is 12.7. The molecule has 0 atom stereocenters. The monoisotopic (exact) mass is 380 g/mol. The van der Waals surface area contributed by atoms with Crippen LogP contribution in [0.5, 0.6) is 0 Å². The molecule has 1 aliphatic carbocycles. The zero-order valence-electron chi connectivity index (χ0n) is 16.1. The second-order valence-electron chi connectivity index (χ2n) is 7.27. The summed E-state index contributed by atoms with van der Waals surface area (Å²) in [7, 11) is 3.63. The summed E-state index contributed by atoms with van der Waals surface area (Å²) in [6.07, 6.45) is 4.35. The van der Waals surface area contributed by atoms with Crippen molar-refractivity contribution in [3.63, 3.8) is 0 Å². The van der Waals surface area contributed by atoms with Crippen molar-refractivity contribution in [1.82, 2.24) is 30.0 Å². The van der Waals surface area contributed by atoms with Crippen LogP contribution in [0.4, 0.5) is 0 Å². The summed E-state index contributed by atoms with van der Waals surface area (Å²) in [5, 5.41) is 9.86. The third kappa shape index (κ3) is 3.62. The molecule has 3 aromatic rings. The second kappa shape index (κ2) is 7.46. The highest BCUT2D eigenvalue weighted by Gasteiger charge is 2.25. The smallest absolute Gasteiger partial charge is 0.270 e. The van der Waals surface area contributed by atoms with E-state index in [-0.39, 0.29) is 17.5 Å². The van der Waals surface area contributed by atoms with Gasteiger partial charge >= 0.3 is 0 Å². The predicted octanol–water partition coefficient (Wildman–Crippen LogP) is 1.42. The number of aryl methyl sites for hydroxylation is 2. The molecule has 2 heterocycles. The van der Waals surface area contributed by atoms with E-state index in [2.05, 4.69) is 20.7 Å². The molecular formula is C20H24N6O2. The molecule has 2 N–H and O–H groups in total. The van der Waals surface area contributed by atoms with Gasteiger partial charge in [-0.05, 0) is 30.9 Å². The molecule has 2 amide bonds. The van der Waals surface area contributed by atoms with Crippen LogP contribution < -0.4 is 10.6 Å². The third-order valence-corrected chi connectivity index (χ3v) is 5.16. The number of benzene rings is 1. The van der Waals surface area contributed by atoms with Crippen LogP contribution in [0.15, 0.2) is 30.5 Å². The van der Waals surface area contributed by atoms with E-state index in [1.807, 2.05) is 35.9 Å². The van der Waals surface area contributed by atoms with Crippen molar-refractivity contribution in [2.45, 2.75) is 19.3 Å². The van der Waals surface area contributed by atoms with Crippen LogP contribution in [0.3, 0.4) is 0 Å². The Bertz CT molecular complexity index is 1030. The van der Waals surface area contributed by atoms with Gasteiger partial charge in [0.2, 0.25) is 0 Å². The highest BCUT2D eigenvalue weighted by atomic mass is 16.2. The van der Waals surface area contributed by atoms with Crippen LogP contribution >= 0.6 is 0 Å². The molecule has 2 aromatic heterocycles. The fourth-order valence-electron chi connectivity index (χ4n) is 3.32. The molecular weight excluding hydrogens is 356 g/mol. The Kier molecular flexibility index (Phi) is 4.85. The second-order valence-corrected chi connectivity index (χ2v) is 7.27. The van der Waals surface area contributed by atoms with Crippen molar-refractivity contribution in [3.8, 4) is 0 Å². The summed E-state index contributed by atoms with van der Waals surface area (Å²) in [6, 6.07) is 7.93. The van der Waals surface area contributed by atoms with Crippen molar-refractivity contribution >= 4 is 22.8 Å². The van der Waals surface area contributed by atoms with Crippen LogP contribution in [0.2, 0.25) is 0 Å². The van der Waals surface area contributed by atoms with Gasteiger partial charge in [-0.15, -0.1) is 0 Å². The average Bonchev–Trinajstić information content (AvgIpc) is 3.36. The van der Waals surface area contributed by atoms with Gasteiger partial charge < -0.3 is 15.2 Å². The molecule has 0 bridgehead atoms. The minimum atomic E-state index is -0.310. The summed E-state index contributed by atoms with van der Waals surface area (Å²) < 4.78 is 3.47. The van der Waals surface area contributed by atoms with Gasteiger partial charge in [-0.3, -0.25) is 14.3 Å². The fraction of sp³-hybridized carbons (Fsp3) is 0.400. The molecule has 1 fully saturated rings. The van der Waals surface area contributed by atoms with Crippen molar-refractivity contribution in [2.75, 3.05) is 13.1 Å². The predicted molar refractivity (Wildman–Crippen MR) is 105 cm³/mol. The first-order valence-corrected chi connectivity index (χ1v) is 9.53. The summed E-state index contributed by atoms with van der Waals surface area (Å²) in [5.41, 5.74) is 2.58. The number of rotatable bonds is 7. The molecule has 1 aliphatic rings. The van der Waals surface area contributed by atoms with E-state index in [4.69, 9.17) is 0 Å².